The number of hydrogen-bond acceptors (Lipinski definition) is 1. The van der Waals surface area contributed by atoms with E-state index in [4.69, 9.17) is 0 Å². The maximum atomic E-state index is 12.6. The predicted octanol–water partition coefficient (Wildman–Crippen LogP) is 2.88. The van der Waals surface area contributed by atoms with Gasteiger partial charge in [0.15, 0.2) is 0 Å². The summed E-state index contributed by atoms with van der Waals surface area (Å²) in [5.41, 5.74) is 0.916. The Hall–Kier alpha value is -1.38. The number of benzene rings is 1. The molecule has 0 radical (unpaired) electrons. The summed E-state index contributed by atoms with van der Waals surface area (Å²) in [4.78, 5) is 11.4. The van der Waals surface area contributed by atoms with Gasteiger partial charge in [-0.05, 0) is 30.0 Å². The second-order valence-electron chi connectivity index (χ2n) is 4.34. The first-order valence-electron chi connectivity index (χ1n) is 5.59. The highest BCUT2D eigenvalue weighted by Crippen LogP contribution is 2.04. The molecule has 16 heavy (non-hydrogen) atoms. The van der Waals surface area contributed by atoms with Crippen molar-refractivity contribution in [2.45, 2.75) is 33.2 Å². The summed E-state index contributed by atoms with van der Waals surface area (Å²) in [5.74, 6) is 0.337. The molecule has 0 aliphatic heterocycles. The van der Waals surface area contributed by atoms with Gasteiger partial charge in [0.25, 0.3) is 0 Å². The monoisotopic (exact) mass is 223 g/mol. The number of carbonyl (C=O) groups is 1. The van der Waals surface area contributed by atoms with Crippen LogP contribution in [0, 0.1) is 11.7 Å². The predicted molar refractivity (Wildman–Crippen MR) is 62.3 cm³/mol. The molecule has 3 heteroatoms. The molecule has 0 unspecified atom stereocenters. The molecule has 1 amide bonds. The number of nitrogens with one attached hydrogen (secondary N) is 1. The van der Waals surface area contributed by atoms with E-state index < -0.39 is 0 Å². The van der Waals surface area contributed by atoms with E-state index in [1.807, 2.05) is 0 Å². The topological polar surface area (TPSA) is 29.1 Å². The highest BCUT2D eigenvalue weighted by Gasteiger charge is 2.03. The zero-order chi connectivity index (χ0) is 12.0. The van der Waals surface area contributed by atoms with Crippen LogP contribution in [0.25, 0.3) is 0 Å². The highest BCUT2D eigenvalue weighted by atomic mass is 19.1. The van der Waals surface area contributed by atoms with E-state index in [1.54, 1.807) is 12.1 Å². The molecule has 2 nitrogen and oxygen atoms in total. The Kier molecular flexibility index (Phi) is 4.96. The van der Waals surface area contributed by atoms with Crippen LogP contribution in [0.1, 0.15) is 32.3 Å². The third-order valence-electron chi connectivity index (χ3n) is 2.35. The Labute approximate surface area is 95.9 Å². The Morgan fingerprint density at radius 1 is 1.31 bits per heavy atom. The molecule has 0 spiro atoms. The van der Waals surface area contributed by atoms with E-state index in [0.717, 1.165) is 12.0 Å². The van der Waals surface area contributed by atoms with Gasteiger partial charge in [0.1, 0.15) is 5.82 Å². The smallest absolute Gasteiger partial charge is 0.220 e. The van der Waals surface area contributed by atoms with Crippen molar-refractivity contribution in [3.63, 3.8) is 0 Å². The molecule has 1 N–H and O–H groups in total. The second kappa shape index (κ2) is 6.26. The third-order valence-corrected chi connectivity index (χ3v) is 2.35. The molecule has 0 bridgehead atoms. The quantitative estimate of drug-likeness (QED) is 0.817. The Bertz CT molecular complexity index is 332. The van der Waals surface area contributed by atoms with Crippen LogP contribution in [0.3, 0.4) is 0 Å². The van der Waals surface area contributed by atoms with Crippen LogP contribution in [0.5, 0.6) is 0 Å². The van der Waals surface area contributed by atoms with Gasteiger partial charge in [-0.3, -0.25) is 4.79 Å². The van der Waals surface area contributed by atoms with Gasteiger partial charge in [-0.1, -0.05) is 26.0 Å². The van der Waals surface area contributed by atoms with Gasteiger partial charge in [-0.25, -0.2) is 4.39 Å². The maximum absolute atomic E-state index is 12.6. The second-order valence-corrected chi connectivity index (χ2v) is 4.34. The van der Waals surface area contributed by atoms with Crippen LogP contribution in [0.4, 0.5) is 4.39 Å². The summed E-state index contributed by atoms with van der Waals surface area (Å²) in [7, 11) is 0. The van der Waals surface area contributed by atoms with Crippen molar-refractivity contribution in [3.8, 4) is 0 Å². The standard InChI is InChI=1S/C13H18FNO/c1-10(2)3-8-13(16)15-9-11-4-6-12(14)7-5-11/h4-7,10H,3,8-9H2,1-2H3,(H,15,16). The van der Waals surface area contributed by atoms with Crippen LogP contribution in [0.2, 0.25) is 0 Å². The lowest BCUT2D eigenvalue weighted by molar-refractivity contribution is -0.121. The van der Waals surface area contributed by atoms with Gasteiger partial charge in [-0.2, -0.15) is 0 Å². The molecule has 0 heterocycles. The van der Waals surface area contributed by atoms with Crippen molar-refractivity contribution in [3.05, 3.63) is 35.6 Å². The van der Waals surface area contributed by atoms with Gasteiger partial charge in [-0.15, -0.1) is 0 Å². The molecule has 0 atom stereocenters. The number of hydrogen-bond donors (Lipinski definition) is 1. The summed E-state index contributed by atoms with van der Waals surface area (Å²) < 4.78 is 12.6. The minimum Gasteiger partial charge on any atom is -0.352 e. The van der Waals surface area contributed by atoms with Gasteiger partial charge in [0.2, 0.25) is 5.91 Å². The van der Waals surface area contributed by atoms with Crippen molar-refractivity contribution in [2.75, 3.05) is 0 Å². The van der Waals surface area contributed by atoms with Crippen LogP contribution in [-0.2, 0) is 11.3 Å². The molecule has 0 aromatic heterocycles. The molecule has 0 aliphatic rings. The van der Waals surface area contributed by atoms with Crippen LogP contribution in [0.15, 0.2) is 24.3 Å². The first kappa shape index (κ1) is 12.7. The van der Waals surface area contributed by atoms with Gasteiger partial charge in [0.05, 0.1) is 0 Å². The minimum atomic E-state index is -0.255. The lowest BCUT2D eigenvalue weighted by atomic mass is 10.1. The molecular formula is C13H18FNO. The summed E-state index contributed by atoms with van der Waals surface area (Å²) in [5, 5.41) is 2.81. The van der Waals surface area contributed by atoms with Gasteiger partial charge in [0, 0.05) is 13.0 Å². The zero-order valence-electron chi connectivity index (χ0n) is 9.79. The third kappa shape index (κ3) is 4.91. The highest BCUT2D eigenvalue weighted by molar-refractivity contribution is 5.75. The first-order valence-corrected chi connectivity index (χ1v) is 5.59. The Morgan fingerprint density at radius 3 is 2.50 bits per heavy atom. The summed E-state index contributed by atoms with van der Waals surface area (Å²) in [6.07, 6.45) is 1.45. The first-order chi connectivity index (χ1) is 7.58. The summed E-state index contributed by atoms with van der Waals surface area (Å²) in [6, 6.07) is 6.15. The molecule has 0 aliphatic carbocycles. The maximum Gasteiger partial charge on any atom is 0.220 e. The molecule has 0 saturated carbocycles. The van der Waals surface area contributed by atoms with Crippen LogP contribution < -0.4 is 5.32 Å². The van der Waals surface area contributed by atoms with E-state index in [9.17, 15) is 9.18 Å². The van der Waals surface area contributed by atoms with Crippen molar-refractivity contribution in [1.29, 1.82) is 0 Å². The Morgan fingerprint density at radius 2 is 1.94 bits per heavy atom. The number of amides is 1. The van der Waals surface area contributed by atoms with E-state index in [-0.39, 0.29) is 11.7 Å². The average molecular weight is 223 g/mol. The number of halogens is 1. The summed E-state index contributed by atoms with van der Waals surface area (Å²) in [6.45, 7) is 4.65. The molecule has 0 saturated heterocycles. The number of rotatable bonds is 5. The minimum absolute atomic E-state index is 0.0537. The zero-order valence-corrected chi connectivity index (χ0v) is 9.79. The molecule has 0 fully saturated rings. The lowest BCUT2D eigenvalue weighted by Crippen LogP contribution is -2.22. The van der Waals surface area contributed by atoms with E-state index in [2.05, 4.69) is 19.2 Å². The number of carbonyl (C=O) groups excluding carboxylic acids is 1. The van der Waals surface area contributed by atoms with Crippen LogP contribution in [-0.4, -0.2) is 5.91 Å². The average Bonchev–Trinajstić information content (AvgIpc) is 2.25. The van der Waals surface area contributed by atoms with Gasteiger partial charge >= 0.3 is 0 Å². The van der Waals surface area contributed by atoms with Crippen LogP contribution >= 0.6 is 0 Å². The molecule has 1 rings (SSSR count). The fourth-order valence-corrected chi connectivity index (χ4v) is 1.31. The van der Waals surface area contributed by atoms with E-state index >= 15 is 0 Å². The molecule has 1 aromatic carbocycles. The van der Waals surface area contributed by atoms with Crippen molar-refractivity contribution >= 4 is 5.91 Å². The van der Waals surface area contributed by atoms with Gasteiger partial charge < -0.3 is 5.32 Å². The largest absolute Gasteiger partial charge is 0.352 e. The molecule has 1 aromatic rings. The lowest BCUT2D eigenvalue weighted by Gasteiger charge is -2.06. The van der Waals surface area contributed by atoms with E-state index in [1.165, 1.54) is 12.1 Å². The van der Waals surface area contributed by atoms with E-state index in [0.29, 0.717) is 18.9 Å². The SMILES string of the molecule is CC(C)CCC(=O)NCc1ccc(F)cc1. The van der Waals surface area contributed by atoms with Crippen molar-refractivity contribution in [2.24, 2.45) is 5.92 Å². The van der Waals surface area contributed by atoms with Crippen molar-refractivity contribution in [1.82, 2.24) is 5.32 Å². The molecular weight excluding hydrogens is 205 g/mol. The fourth-order valence-electron chi connectivity index (χ4n) is 1.31. The Balaban J connectivity index is 2.29. The molecule has 88 valence electrons. The van der Waals surface area contributed by atoms with Crippen molar-refractivity contribution < 1.29 is 9.18 Å². The fraction of sp³-hybridized carbons (Fsp3) is 0.462. The summed E-state index contributed by atoms with van der Waals surface area (Å²) >= 11 is 0. The normalized spacial score (nSPS) is 10.5.